The van der Waals surface area contributed by atoms with Crippen molar-refractivity contribution in [2.24, 2.45) is 5.92 Å². The zero-order valence-corrected chi connectivity index (χ0v) is 21.9. The van der Waals surface area contributed by atoms with Crippen molar-refractivity contribution in [2.75, 3.05) is 0 Å². The second-order valence-electron chi connectivity index (χ2n) is 10.2. The lowest BCUT2D eigenvalue weighted by molar-refractivity contribution is 0.661. The lowest BCUT2D eigenvalue weighted by Crippen LogP contribution is -2.45. The molecule has 0 nitrogen and oxygen atoms in total. The molecule has 2 rings (SSSR count). The summed E-state index contributed by atoms with van der Waals surface area (Å²) < 4.78 is 0. The van der Waals surface area contributed by atoms with E-state index in [4.69, 9.17) is 0 Å². The Hall–Kier alpha value is -1.08. The molecule has 2 atom stereocenters. The molecule has 0 radical (unpaired) electrons. The topological polar surface area (TPSA) is 0 Å². The molecule has 0 aliphatic heterocycles. The molecule has 1 aromatic rings. The first-order valence-electron chi connectivity index (χ1n) is 13.0. The van der Waals surface area contributed by atoms with Crippen LogP contribution in [0.15, 0.2) is 42.0 Å². The fourth-order valence-electron chi connectivity index (χ4n) is 4.67. The molecule has 1 aliphatic carbocycles. The van der Waals surface area contributed by atoms with Gasteiger partial charge in [-0.2, -0.15) is 0 Å². The highest BCUT2D eigenvalue weighted by Gasteiger charge is 2.33. The van der Waals surface area contributed by atoms with Crippen molar-refractivity contribution in [2.45, 2.75) is 117 Å². The van der Waals surface area contributed by atoms with E-state index in [9.17, 15) is 0 Å². The largest absolute Gasteiger partial charge is 0.0912 e. The van der Waals surface area contributed by atoms with Crippen molar-refractivity contribution >= 4 is 13.3 Å². The van der Waals surface area contributed by atoms with Gasteiger partial charge < -0.3 is 0 Å². The number of unbranched alkanes of at least 4 members (excludes halogenated alkanes) is 6. The standard InChI is InChI=1S/C29H48Si/c1-7-10-12-14-16-25-20-26(17-15-13-11-8-2)22-29(21-25)30(5,6)28-19-18-27(23-28)24(4)9-3/h18-24,28H,7-17H2,1-6H3. The number of benzene rings is 1. The maximum atomic E-state index is 2.61. The minimum atomic E-state index is -1.58. The molecule has 0 saturated heterocycles. The number of allylic oxidation sites excluding steroid dienone is 4. The first kappa shape index (κ1) is 25.2. The highest BCUT2D eigenvalue weighted by molar-refractivity contribution is 6.91. The Morgan fingerprint density at radius 1 is 0.800 bits per heavy atom. The van der Waals surface area contributed by atoms with E-state index in [2.05, 4.69) is 77.2 Å². The van der Waals surface area contributed by atoms with E-state index in [1.54, 1.807) is 21.9 Å². The molecule has 2 unspecified atom stereocenters. The molecule has 1 heteroatoms. The van der Waals surface area contributed by atoms with Gasteiger partial charge >= 0.3 is 0 Å². The van der Waals surface area contributed by atoms with E-state index in [-0.39, 0.29) is 0 Å². The molecule has 0 bridgehead atoms. The molecular weight excluding hydrogens is 376 g/mol. The van der Waals surface area contributed by atoms with Crippen molar-refractivity contribution in [3.8, 4) is 0 Å². The minimum absolute atomic E-state index is 0.643. The summed E-state index contributed by atoms with van der Waals surface area (Å²) in [6.45, 7) is 14.5. The Bertz CT molecular complexity index is 664. The van der Waals surface area contributed by atoms with Gasteiger partial charge in [0.25, 0.3) is 0 Å². The average Bonchev–Trinajstić information content (AvgIpc) is 3.25. The fourth-order valence-corrected chi connectivity index (χ4v) is 7.36. The minimum Gasteiger partial charge on any atom is -0.0797 e. The highest BCUT2D eigenvalue weighted by atomic mass is 28.3. The first-order valence-corrected chi connectivity index (χ1v) is 16.0. The van der Waals surface area contributed by atoms with Gasteiger partial charge in [-0.3, -0.25) is 0 Å². The van der Waals surface area contributed by atoms with E-state index in [0.29, 0.717) is 11.5 Å². The zero-order chi connectivity index (χ0) is 22.0. The number of aryl methyl sites for hydroxylation is 2. The third-order valence-electron chi connectivity index (χ3n) is 7.32. The Morgan fingerprint density at radius 3 is 1.87 bits per heavy atom. The van der Waals surface area contributed by atoms with Crippen LogP contribution in [0.4, 0.5) is 0 Å². The van der Waals surface area contributed by atoms with Crippen molar-refractivity contribution in [1.82, 2.24) is 0 Å². The van der Waals surface area contributed by atoms with E-state index >= 15 is 0 Å². The van der Waals surface area contributed by atoms with Crippen molar-refractivity contribution < 1.29 is 0 Å². The third-order valence-corrected chi connectivity index (χ3v) is 11.1. The number of hydrogen-bond acceptors (Lipinski definition) is 0. The van der Waals surface area contributed by atoms with Crippen LogP contribution < -0.4 is 5.19 Å². The monoisotopic (exact) mass is 424 g/mol. The summed E-state index contributed by atoms with van der Waals surface area (Å²) >= 11 is 0. The molecule has 0 amide bonds. The predicted octanol–water partition coefficient (Wildman–Crippen LogP) is 8.76. The molecule has 0 aromatic heterocycles. The van der Waals surface area contributed by atoms with Gasteiger partial charge in [-0.15, -0.1) is 0 Å². The lowest BCUT2D eigenvalue weighted by Gasteiger charge is -2.29. The van der Waals surface area contributed by atoms with Crippen molar-refractivity contribution in [3.63, 3.8) is 0 Å². The second-order valence-corrected chi connectivity index (χ2v) is 14.9. The van der Waals surface area contributed by atoms with Gasteiger partial charge in [0, 0.05) is 0 Å². The van der Waals surface area contributed by atoms with Crippen LogP contribution in [0.2, 0.25) is 18.6 Å². The summed E-state index contributed by atoms with van der Waals surface area (Å²) in [5, 5.41) is 1.68. The van der Waals surface area contributed by atoms with E-state index in [1.807, 2.05) is 0 Å². The first-order chi connectivity index (χ1) is 14.4. The molecule has 1 aliphatic rings. The van der Waals surface area contributed by atoms with Crippen LogP contribution in [0.1, 0.15) is 96.6 Å². The SMILES string of the molecule is CCCCCCc1cc(CCCCCC)cc([Si](C)(C)C2C=CC(C(C)CC)=C2)c1. The summed E-state index contributed by atoms with van der Waals surface area (Å²) in [7, 11) is -1.58. The third kappa shape index (κ3) is 7.26. The maximum Gasteiger partial charge on any atom is 0.0912 e. The van der Waals surface area contributed by atoms with Crippen LogP contribution >= 0.6 is 0 Å². The Balaban J connectivity index is 2.22. The van der Waals surface area contributed by atoms with Crippen LogP contribution in [0.25, 0.3) is 0 Å². The molecule has 0 heterocycles. The van der Waals surface area contributed by atoms with Gasteiger partial charge in [-0.1, -0.05) is 121 Å². The summed E-state index contributed by atoms with van der Waals surface area (Å²) in [6, 6.07) is 7.73. The normalized spacial score (nSPS) is 17.4. The molecule has 1 aromatic carbocycles. The lowest BCUT2D eigenvalue weighted by atomic mass is 10.00. The quantitative estimate of drug-likeness (QED) is 0.207. The van der Waals surface area contributed by atoms with E-state index in [1.165, 1.54) is 70.6 Å². The number of hydrogen-bond donors (Lipinski definition) is 0. The summed E-state index contributed by atoms with van der Waals surface area (Å²) in [5.41, 5.74) is 5.41. The van der Waals surface area contributed by atoms with Crippen LogP contribution in [0.5, 0.6) is 0 Å². The predicted molar refractivity (Wildman–Crippen MR) is 140 cm³/mol. The molecule has 168 valence electrons. The molecule has 0 N–H and O–H groups in total. The number of rotatable bonds is 14. The second kappa shape index (κ2) is 12.7. The Morgan fingerprint density at radius 2 is 1.37 bits per heavy atom. The summed E-state index contributed by atoms with van der Waals surface area (Å²) in [5.74, 6) is 0.690. The smallest absolute Gasteiger partial charge is 0.0797 e. The Kier molecular flexibility index (Phi) is 10.7. The zero-order valence-electron chi connectivity index (χ0n) is 20.9. The molecule has 30 heavy (non-hydrogen) atoms. The molecular formula is C29H48Si. The van der Waals surface area contributed by atoms with Crippen LogP contribution in [-0.2, 0) is 12.8 Å². The molecule has 0 spiro atoms. The van der Waals surface area contributed by atoms with Gasteiger partial charge in [0.15, 0.2) is 0 Å². The van der Waals surface area contributed by atoms with Crippen LogP contribution in [-0.4, -0.2) is 8.07 Å². The Labute approximate surface area is 189 Å². The van der Waals surface area contributed by atoms with E-state index in [0.717, 1.165) is 0 Å². The summed E-state index contributed by atoms with van der Waals surface area (Å²) in [4.78, 5) is 0. The van der Waals surface area contributed by atoms with Crippen LogP contribution in [0.3, 0.4) is 0 Å². The maximum absolute atomic E-state index is 2.61. The fraction of sp³-hybridized carbons (Fsp3) is 0.655. The average molecular weight is 425 g/mol. The van der Waals surface area contributed by atoms with Crippen LogP contribution in [0, 0.1) is 5.92 Å². The van der Waals surface area contributed by atoms with Crippen molar-refractivity contribution in [1.29, 1.82) is 0 Å². The van der Waals surface area contributed by atoms with Gasteiger partial charge in [-0.05, 0) is 60.3 Å². The molecule has 0 fully saturated rings. The van der Waals surface area contributed by atoms with Gasteiger partial charge in [0.1, 0.15) is 0 Å². The summed E-state index contributed by atoms with van der Waals surface area (Å²) in [6.07, 6.45) is 22.1. The van der Waals surface area contributed by atoms with Gasteiger partial charge in [0.2, 0.25) is 0 Å². The van der Waals surface area contributed by atoms with Gasteiger partial charge in [0.05, 0.1) is 8.07 Å². The molecule has 0 saturated carbocycles. The van der Waals surface area contributed by atoms with E-state index < -0.39 is 8.07 Å². The van der Waals surface area contributed by atoms with Gasteiger partial charge in [-0.25, -0.2) is 0 Å². The van der Waals surface area contributed by atoms with Crippen molar-refractivity contribution in [3.05, 3.63) is 53.1 Å². The highest BCUT2D eigenvalue weighted by Crippen LogP contribution is 2.35.